The van der Waals surface area contributed by atoms with Crippen molar-refractivity contribution in [3.05, 3.63) is 23.0 Å². The predicted molar refractivity (Wildman–Crippen MR) is 82.6 cm³/mol. The van der Waals surface area contributed by atoms with E-state index in [1.807, 2.05) is 16.5 Å². The number of likely N-dealkylation sites (tertiary alicyclic amines) is 1. The van der Waals surface area contributed by atoms with E-state index in [4.69, 9.17) is 16.3 Å². The summed E-state index contributed by atoms with van der Waals surface area (Å²) in [7, 11) is 3.67. The fraction of sp³-hybridized carbons (Fsp3) is 0.688. The number of hydrogen-bond donors (Lipinski definition) is 0. The highest BCUT2D eigenvalue weighted by atomic mass is 35.5. The van der Waals surface area contributed by atoms with Gasteiger partial charge in [0.25, 0.3) is 5.91 Å². The van der Waals surface area contributed by atoms with Gasteiger partial charge in [-0.15, -0.1) is 0 Å². The maximum atomic E-state index is 12.8. The third-order valence-corrected chi connectivity index (χ3v) is 5.40. The topological polar surface area (TPSA) is 34.5 Å². The second-order valence-electron chi connectivity index (χ2n) is 6.46. The molecule has 1 spiro atoms. The second-order valence-corrected chi connectivity index (χ2v) is 6.90. The first-order valence-electron chi connectivity index (χ1n) is 7.70. The zero-order valence-corrected chi connectivity index (χ0v) is 13.5. The number of methoxy groups -OCH3 is 1. The minimum atomic E-state index is 0.0882. The highest BCUT2D eigenvalue weighted by molar-refractivity contribution is 6.31. The number of rotatable bonds is 2. The van der Waals surface area contributed by atoms with E-state index in [1.54, 1.807) is 19.4 Å². The summed E-state index contributed by atoms with van der Waals surface area (Å²) in [5.41, 5.74) is 0.835. The molecule has 21 heavy (non-hydrogen) atoms. The Morgan fingerprint density at radius 3 is 2.86 bits per heavy atom. The minimum Gasteiger partial charge on any atom is -0.381 e. The second kappa shape index (κ2) is 5.65. The number of piperidine rings is 1. The van der Waals surface area contributed by atoms with E-state index < -0.39 is 0 Å². The average Bonchev–Trinajstić information content (AvgIpc) is 3.01. The largest absolute Gasteiger partial charge is 0.381 e. The monoisotopic (exact) mass is 310 g/mol. The van der Waals surface area contributed by atoms with Gasteiger partial charge in [0.1, 0.15) is 5.69 Å². The number of ether oxygens (including phenoxy) is 1. The molecule has 0 N–H and O–H groups in total. The van der Waals surface area contributed by atoms with E-state index >= 15 is 0 Å². The number of amides is 1. The van der Waals surface area contributed by atoms with Gasteiger partial charge < -0.3 is 14.2 Å². The van der Waals surface area contributed by atoms with Crippen molar-refractivity contribution in [2.24, 2.45) is 12.5 Å². The highest BCUT2D eigenvalue weighted by Crippen LogP contribution is 2.46. The molecule has 1 aromatic heterocycles. The number of carbonyl (C=O) groups is 1. The molecule has 4 nitrogen and oxygen atoms in total. The lowest BCUT2D eigenvalue weighted by atomic mass is 9.76. The summed E-state index contributed by atoms with van der Waals surface area (Å²) in [6.45, 7) is 1.65. The molecule has 1 aliphatic carbocycles. The van der Waals surface area contributed by atoms with Crippen LogP contribution in [0.2, 0.25) is 5.02 Å². The Kier molecular flexibility index (Phi) is 4.02. The zero-order valence-electron chi connectivity index (χ0n) is 12.8. The van der Waals surface area contributed by atoms with E-state index in [0.717, 1.165) is 25.9 Å². The molecule has 116 valence electrons. The van der Waals surface area contributed by atoms with Gasteiger partial charge >= 0.3 is 0 Å². The first kappa shape index (κ1) is 14.9. The smallest absolute Gasteiger partial charge is 0.270 e. The van der Waals surface area contributed by atoms with Crippen LogP contribution in [0.3, 0.4) is 0 Å². The fourth-order valence-corrected chi connectivity index (χ4v) is 4.42. The van der Waals surface area contributed by atoms with E-state index in [9.17, 15) is 4.79 Å². The van der Waals surface area contributed by atoms with Crippen LogP contribution < -0.4 is 0 Å². The third kappa shape index (κ3) is 2.59. The van der Waals surface area contributed by atoms with Crippen LogP contribution >= 0.6 is 11.6 Å². The standard InChI is InChI=1S/C16H23ClN2O2/c1-18-10-12(17)9-13(18)15(20)19-8-4-7-16(11-19)6-3-5-14(16)21-2/h9-10,14H,3-8,11H2,1-2H3/t14-,16-/m1/s1. The summed E-state index contributed by atoms with van der Waals surface area (Å²) in [6.07, 6.45) is 7.80. The zero-order chi connectivity index (χ0) is 15.0. The molecule has 1 aliphatic heterocycles. The van der Waals surface area contributed by atoms with E-state index in [0.29, 0.717) is 16.8 Å². The Bertz CT molecular complexity index is 542. The van der Waals surface area contributed by atoms with Crippen LogP contribution in [0.5, 0.6) is 0 Å². The van der Waals surface area contributed by atoms with Crippen LogP contribution in [0.4, 0.5) is 0 Å². The van der Waals surface area contributed by atoms with Crippen molar-refractivity contribution in [3.8, 4) is 0 Å². The van der Waals surface area contributed by atoms with Crippen LogP contribution in [0.25, 0.3) is 0 Å². The molecule has 2 fully saturated rings. The maximum absolute atomic E-state index is 12.8. The molecule has 2 atom stereocenters. The molecule has 1 amide bonds. The molecule has 1 saturated heterocycles. The summed E-state index contributed by atoms with van der Waals surface area (Å²) >= 11 is 6.00. The maximum Gasteiger partial charge on any atom is 0.270 e. The number of aromatic nitrogens is 1. The SMILES string of the molecule is CO[C@@H]1CCC[C@]12CCCN(C(=O)c1cc(Cl)cn1C)C2. The number of halogens is 1. The van der Waals surface area contributed by atoms with Gasteiger partial charge in [-0.1, -0.05) is 18.0 Å². The van der Waals surface area contributed by atoms with Crippen molar-refractivity contribution in [2.45, 2.75) is 38.2 Å². The van der Waals surface area contributed by atoms with Crippen molar-refractivity contribution >= 4 is 17.5 Å². The van der Waals surface area contributed by atoms with Crippen molar-refractivity contribution in [2.75, 3.05) is 20.2 Å². The summed E-state index contributed by atoms with van der Waals surface area (Å²) in [6, 6.07) is 1.76. The van der Waals surface area contributed by atoms with Crippen molar-refractivity contribution in [3.63, 3.8) is 0 Å². The van der Waals surface area contributed by atoms with Gasteiger partial charge in [-0.2, -0.15) is 0 Å². The summed E-state index contributed by atoms with van der Waals surface area (Å²) in [5, 5.41) is 0.614. The molecule has 5 heteroatoms. The van der Waals surface area contributed by atoms with Gasteiger partial charge in [-0.25, -0.2) is 0 Å². The molecular weight excluding hydrogens is 288 g/mol. The van der Waals surface area contributed by atoms with Gasteiger partial charge in [0.2, 0.25) is 0 Å². The summed E-state index contributed by atoms with van der Waals surface area (Å²) in [5.74, 6) is 0.0882. The third-order valence-electron chi connectivity index (χ3n) is 5.19. The molecule has 3 rings (SSSR count). The van der Waals surface area contributed by atoms with Crippen LogP contribution in [-0.4, -0.2) is 41.7 Å². The number of aryl methyl sites for hydroxylation is 1. The van der Waals surface area contributed by atoms with Gasteiger partial charge in [-0.3, -0.25) is 4.79 Å². The normalized spacial score (nSPS) is 29.3. The Balaban J connectivity index is 1.80. The molecule has 0 bridgehead atoms. The summed E-state index contributed by atoms with van der Waals surface area (Å²) < 4.78 is 7.52. The summed E-state index contributed by atoms with van der Waals surface area (Å²) in [4.78, 5) is 14.8. The van der Waals surface area contributed by atoms with Gasteiger partial charge in [0.05, 0.1) is 11.1 Å². The van der Waals surface area contributed by atoms with Gasteiger partial charge in [0.15, 0.2) is 0 Å². The van der Waals surface area contributed by atoms with Crippen LogP contribution in [0.1, 0.15) is 42.6 Å². The lowest BCUT2D eigenvalue weighted by Gasteiger charge is -2.43. The van der Waals surface area contributed by atoms with Gasteiger partial charge in [-0.05, 0) is 31.7 Å². The van der Waals surface area contributed by atoms with Crippen molar-refractivity contribution < 1.29 is 9.53 Å². The number of hydrogen-bond acceptors (Lipinski definition) is 2. The Morgan fingerprint density at radius 1 is 1.43 bits per heavy atom. The van der Waals surface area contributed by atoms with Gasteiger partial charge in [0, 0.05) is 38.9 Å². The average molecular weight is 311 g/mol. The Labute approximate surface area is 131 Å². The lowest BCUT2D eigenvalue weighted by molar-refractivity contribution is -0.0297. The van der Waals surface area contributed by atoms with Crippen LogP contribution in [0, 0.1) is 5.41 Å². The lowest BCUT2D eigenvalue weighted by Crippen LogP contribution is -2.50. The molecule has 0 aromatic carbocycles. The van der Waals surface area contributed by atoms with Crippen LogP contribution in [-0.2, 0) is 11.8 Å². The number of carbonyl (C=O) groups excluding carboxylic acids is 1. The van der Waals surface area contributed by atoms with E-state index in [1.165, 1.54) is 19.3 Å². The van der Waals surface area contributed by atoms with E-state index in [-0.39, 0.29) is 11.3 Å². The molecular formula is C16H23ClN2O2. The molecule has 1 saturated carbocycles. The van der Waals surface area contributed by atoms with Crippen molar-refractivity contribution in [1.82, 2.24) is 9.47 Å². The first-order valence-corrected chi connectivity index (χ1v) is 8.07. The highest BCUT2D eigenvalue weighted by Gasteiger charge is 2.46. The Morgan fingerprint density at radius 2 is 2.19 bits per heavy atom. The number of nitrogens with zero attached hydrogens (tertiary/aromatic N) is 2. The van der Waals surface area contributed by atoms with E-state index in [2.05, 4.69) is 0 Å². The first-order chi connectivity index (χ1) is 10.1. The predicted octanol–water partition coefficient (Wildman–Crippen LogP) is 3.10. The fourth-order valence-electron chi connectivity index (χ4n) is 4.17. The molecule has 1 aromatic rings. The molecule has 0 radical (unpaired) electrons. The molecule has 0 unspecified atom stereocenters. The Hall–Kier alpha value is -1.00. The minimum absolute atomic E-state index is 0.0882. The van der Waals surface area contributed by atoms with Crippen molar-refractivity contribution in [1.29, 1.82) is 0 Å². The quantitative estimate of drug-likeness (QED) is 0.841. The molecule has 2 heterocycles. The van der Waals surface area contributed by atoms with Crippen LogP contribution in [0.15, 0.2) is 12.3 Å². The molecule has 2 aliphatic rings.